The van der Waals surface area contributed by atoms with Crippen LogP contribution in [-0.2, 0) is 14.4 Å². The van der Waals surface area contributed by atoms with Gasteiger partial charge in [-0.25, -0.2) is 4.90 Å². The van der Waals surface area contributed by atoms with E-state index in [9.17, 15) is 14.4 Å². The van der Waals surface area contributed by atoms with Gasteiger partial charge in [0, 0.05) is 22.9 Å². The van der Waals surface area contributed by atoms with Gasteiger partial charge in [-0.1, -0.05) is 18.2 Å². The zero-order chi connectivity index (χ0) is 18.1. The minimum atomic E-state index is -0.422. The zero-order valence-corrected chi connectivity index (χ0v) is 14.9. The number of hydrogen-bond donors (Lipinski definition) is 1. The molecule has 2 aliphatic rings. The first kappa shape index (κ1) is 16.8. The van der Waals surface area contributed by atoms with E-state index in [2.05, 4.69) is 5.32 Å². The van der Waals surface area contributed by atoms with Crippen LogP contribution in [0.3, 0.4) is 0 Å². The minimum Gasteiger partial charge on any atom is -0.326 e. The highest BCUT2D eigenvalue weighted by Gasteiger charge is 2.40. The summed E-state index contributed by atoms with van der Waals surface area (Å²) in [7, 11) is 0. The van der Waals surface area contributed by atoms with Gasteiger partial charge in [0.15, 0.2) is 0 Å². The van der Waals surface area contributed by atoms with Gasteiger partial charge in [0.2, 0.25) is 17.7 Å². The Morgan fingerprint density at radius 1 is 1.00 bits per heavy atom. The number of hydrogen-bond acceptors (Lipinski definition) is 4. The molecular weight excluding hydrogens is 348 g/mol. The molecule has 1 N–H and O–H groups in total. The second-order valence-electron chi connectivity index (χ2n) is 6.50. The fourth-order valence-electron chi connectivity index (χ4n) is 2.92. The van der Waals surface area contributed by atoms with Crippen LogP contribution in [0.2, 0.25) is 0 Å². The molecule has 5 nitrogen and oxygen atoms in total. The third-order valence-electron chi connectivity index (χ3n) is 4.47. The number of carbonyl (C=O) groups excluding carboxylic acids is 3. The smallest absolute Gasteiger partial charge is 0.247 e. The Morgan fingerprint density at radius 3 is 2.35 bits per heavy atom. The van der Waals surface area contributed by atoms with Crippen LogP contribution in [-0.4, -0.2) is 23.0 Å². The number of anilines is 2. The van der Waals surface area contributed by atoms with Gasteiger partial charge in [-0.3, -0.25) is 14.4 Å². The van der Waals surface area contributed by atoms with Crippen molar-refractivity contribution in [2.75, 3.05) is 10.2 Å². The van der Waals surface area contributed by atoms with Crippen molar-refractivity contribution in [1.82, 2.24) is 0 Å². The standard InChI is InChI=1S/C20H18N2O3S/c23-18-12-17(20(25)22(18)15-4-2-1-3-5-15)26-16-10-8-14(9-11-16)21-19(24)13-6-7-13/h1-5,8-11,13,17H,6-7,12H2,(H,21,24)/t17-/m0/s1. The third-order valence-corrected chi connectivity index (χ3v) is 5.67. The average Bonchev–Trinajstić information content (AvgIpc) is 3.45. The number of amides is 3. The topological polar surface area (TPSA) is 66.5 Å². The molecule has 0 aromatic heterocycles. The number of imide groups is 1. The molecular formula is C20H18N2O3S. The maximum atomic E-state index is 12.6. The van der Waals surface area contributed by atoms with E-state index in [1.54, 1.807) is 12.1 Å². The van der Waals surface area contributed by atoms with Gasteiger partial charge >= 0.3 is 0 Å². The molecule has 2 fully saturated rings. The first-order valence-corrected chi connectivity index (χ1v) is 9.49. The van der Waals surface area contributed by atoms with Gasteiger partial charge in [-0.15, -0.1) is 11.8 Å². The lowest BCUT2D eigenvalue weighted by atomic mass is 10.3. The van der Waals surface area contributed by atoms with Crippen molar-refractivity contribution in [2.24, 2.45) is 5.92 Å². The van der Waals surface area contributed by atoms with Crippen LogP contribution in [0.25, 0.3) is 0 Å². The molecule has 0 bridgehead atoms. The van der Waals surface area contributed by atoms with Crippen molar-refractivity contribution in [2.45, 2.75) is 29.4 Å². The summed E-state index contributed by atoms with van der Waals surface area (Å²) in [4.78, 5) is 38.9. The zero-order valence-electron chi connectivity index (χ0n) is 14.1. The van der Waals surface area contributed by atoms with E-state index in [0.717, 1.165) is 23.4 Å². The summed E-state index contributed by atoms with van der Waals surface area (Å²) in [6.45, 7) is 0. The molecule has 1 saturated carbocycles. The van der Waals surface area contributed by atoms with E-state index in [0.29, 0.717) is 5.69 Å². The Morgan fingerprint density at radius 2 is 1.69 bits per heavy atom. The van der Waals surface area contributed by atoms with E-state index < -0.39 is 5.25 Å². The van der Waals surface area contributed by atoms with Crippen LogP contribution < -0.4 is 10.2 Å². The quantitative estimate of drug-likeness (QED) is 0.823. The highest BCUT2D eigenvalue weighted by atomic mass is 32.2. The van der Waals surface area contributed by atoms with Crippen molar-refractivity contribution >= 4 is 40.9 Å². The van der Waals surface area contributed by atoms with Crippen LogP contribution in [0.1, 0.15) is 19.3 Å². The fraction of sp³-hybridized carbons (Fsp3) is 0.250. The summed E-state index contributed by atoms with van der Waals surface area (Å²) < 4.78 is 0. The van der Waals surface area contributed by atoms with Crippen LogP contribution in [0, 0.1) is 5.92 Å². The van der Waals surface area contributed by atoms with Gasteiger partial charge in [0.05, 0.1) is 10.9 Å². The fourth-order valence-corrected chi connectivity index (χ4v) is 3.97. The number of rotatable bonds is 5. The highest BCUT2D eigenvalue weighted by Crippen LogP contribution is 2.35. The molecule has 0 unspecified atom stereocenters. The van der Waals surface area contributed by atoms with Gasteiger partial charge in [0.1, 0.15) is 0 Å². The van der Waals surface area contributed by atoms with Crippen LogP contribution >= 0.6 is 11.8 Å². The van der Waals surface area contributed by atoms with E-state index in [-0.39, 0.29) is 30.1 Å². The summed E-state index contributed by atoms with van der Waals surface area (Å²) in [6.07, 6.45) is 2.13. The normalized spacial score (nSPS) is 19.7. The molecule has 1 aliphatic heterocycles. The van der Waals surface area contributed by atoms with Crippen LogP contribution in [0.5, 0.6) is 0 Å². The number of carbonyl (C=O) groups is 3. The van der Waals surface area contributed by atoms with E-state index >= 15 is 0 Å². The summed E-state index contributed by atoms with van der Waals surface area (Å²) in [5, 5.41) is 2.47. The van der Waals surface area contributed by atoms with E-state index in [4.69, 9.17) is 0 Å². The summed E-state index contributed by atoms with van der Waals surface area (Å²) in [5.74, 6) is -0.125. The molecule has 1 saturated heterocycles. The molecule has 1 heterocycles. The van der Waals surface area contributed by atoms with Gasteiger partial charge in [0.25, 0.3) is 0 Å². The first-order valence-electron chi connectivity index (χ1n) is 8.61. The minimum absolute atomic E-state index is 0.0699. The summed E-state index contributed by atoms with van der Waals surface area (Å²) in [6, 6.07) is 16.4. The van der Waals surface area contributed by atoms with Crippen molar-refractivity contribution in [3.63, 3.8) is 0 Å². The average molecular weight is 366 g/mol. The van der Waals surface area contributed by atoms with Gasteiger partial charge < -0.3 is 5.32 Å². The lowest BCUT2D eigenvalue weighted by Gasteiger charge is -2.14. The van der Waals surface area contributed by atoms with Crippen molar-refractivity contribution in [3.8, 4) is 0 Å². The molecule has 1 aliphatic carbocycles. The Bertz CT molecular complexity index is 847. The van der Waals surface area contributed by atoms with Gasteiger partial charge in [-0.2, -0.15) is 0 Å². The van der Waals surface area contributed by atoms with E-state index in [1.165, 1.54) is 16.7 Å². The van der Waals surface area contributed by atoms with Crippen molar-refractivity contribution in [3.05, 3.63) is 54.6 Å². The van der Waals surface area contributed by atoms with Crippen LogP contribution in [0.15, 0.2) is 59.5 Å². The van der Waals surface area contributed by atoms with Crippen molar-refractivity contribution in [1.29, 1.82) is 0 Å². The largest absolute Gasteiger partial charge is 0.326 e. The first-order chi connectivity index (χ1) is 12.6. The molecule has 26 heavy (non-hydrogen) atoms. The molecule has 1 atom stereocenters. The number of thioether (sulfide) groups is 1. The molecule has 0 radical (unpaired) electrons. The van der Waals surface area contributed by atoms with Crippen molar-refractivity contribution < 1.29 is 14.4 Å². The Labute approximate surface area is 155 Å². The molecule has 4 rings (SSSR count). The number of benzene rings is 2. The molecule has 2 aromatic rings. The monoisotopic (exact) mass is 366 g/mol. The van der Waals surface area contributed by atoms with Crippen LogP contribution in [0.4, 0.5) is 11.4 Å². The van der Waals surface area contributed by atoms with E-state index in [1.807, 2.05) is 42.5 Å². The molecule has 132 valence electrons. The summed E-state index contributed by atoms with van der Waals surface area (Å²) in [5.41, 5.74) is 1.37. The number of nitrogens with zero attached hydrogens (tertiary/aromatic N) is 1. The SMILES string of the molecule is O=C(Nc1ccc(S[C@H]2CC(=O)N(c3ccccc3)C2=O)cc1)C1CC1. The second kappa shape index (κ2) is 6.96. The Kier molecular flexibility index (Phi) is 4.51. The molecule has 6 heteroatoms. The number of nitrogens with one attached hydrogen (secondary N) is 1. The summed E-state index contributed by atoms with van der Waals surface area (Å²) >= 11 is 1.38. The second-order valence-corrected chi connectivity index (χ2v) is 7.78. The maximum Gasteiger partial charge on any atom is 0.247 e. The predicted molar refractivity (Wildman–Crippen MR) is 101 cm³/mol. The van der Waals surface area contributed by atoms with Gasteiger partial charge in [-0.05, 0) is 49.2 Å². The Balaban J connectivity index is 1.41. The Hall–Kier alpha value is -2.60. The lowest BCUT2D eigenvalue weighted by Crippen LogP contribution is -2.30. The number of para-hydroxylation sites is 1. The lowest BCUT2D eigenvalue weighted by molar-refractivity contribution is -0.121. The predicted octanol–water partition coefficient (Wildman–Crippen LogP) is 3.46. The molecule has 0 spiro atoms. The highest BCUT2D eigenvalue weighted by molar-refractivity contribution is 8.00. The third kappa shape index (κ3) is 3.51. The molecule has 3 amide bonds. The molecule has 2 aromatic carbocycles. The maximum absolute atomic E-state index is 12.6.